The van der Waals surface area contributed by atoms with Crippen molar-refractivity contribution in [1.29, 1.82) is 0 Å². The molecule has 3 heteroatoms. The fraction of sp³-hybridized carbons (Fsp3) is 0.647. The lowest BCUT2D eigenvalue weighted by Crippen LogP contribution is -2.25. The summed E-state index contributed by atoms with van der Waals surface area (Å²) in [5, 5.41) is 0. The number of fused-ring (bicyclic) bond motifs is 2. The Hall–Kier alpha value is -1.38. The lowest BCUT2D eigenvalue weighted by Gasteiger charge is -2.27. The lowest BCUT2D eigenvalue weighted by atomic mass is 9.77. The second-order valence-electron chi connectivity index (χ2n) is 7.18. The lowest BCUT2D eigenvalue weighted by molar-refractivity contribution is -0.153. The first-order valence-electron chi connectivity index (χ1n) is 7.32. The van der Waals surface area contributed by atoms with Crippen LogP contribution in [0.25, 0.3) is 0 Å². The van der Waals surface area contributed by atoms with Gasteiger partial charge in [0.2, 0.25) is 0 Å². The molecule has 1 fully saturated rings. The van der Waals surface area contributed by atoms with Gasteiger partial charge in [0.05, 0.1) is 12.0 Å². The van der Waals surface area contributed by atoms with Crippen LogP contribution in [0.2, 0.25) is 0 Å². The average molecular weight is 276 g/mol. The van der Waals surface area contributed by atoms with E-state index >= 15 is 0 Å². The van der Waals surface area contributed by atoms with E-state index in [2.05, 4.69) is 12.7 Å². The van der Waals surface area contributed by atoms with Crippen molar-refractivity contribution in [3.63, 3.8) is 0 Å². The van der Waals surface area contributed by atoms with Gasteiger partial charge >= 0.3 is 5.97 Å². The van der Waals surface area contributed by atoms with E-state index in [-0.39, 0.29) is 23.1 Å². The summed E-state index contributed by atoms with van der Waals surface area (Å²) in [6.07, 6.45) is 7.33. The van der Waals surface area contributed by atoms with Crippen LogP contribution in [0.4, 0.5) is 0 Å². The molecule has 2 aliphatic rings. The monoisotopic (exact) mass is 276 g/mol. The zero-order valence-electron chi connectivity index (χ0n) is 12.7. The molecule has 0 aromatic rings. The van der Waals surface area contributed by atoms with Crippen molar-refractivity contribution in [2.75, 3.05) is 6.61 Å². The van der Waals surface area contributed by atoms with Crippen molar-refractivity contribution < 1.29 is 14.3 Å². The number of ether oxygens (including phenoxy) is 1. The summed E-state index contributed by atoms with van der Waals surface area (Å²) in [5.74, 6) is 0.0671. The van der Waals surface area contributed by atoms with E-state index in [0.29, 0.717) is 6.61 Å². The molecule has 2 rings (SSSR count). The van der Waals surface area contributed by atoms with Crippen LogP contribution in [-0.2, 0) is 14.3 Å². The Morgan fingerprint density at radius 2 is 2.20 bits per heavy atom. The van der Waals surface area contributed by atoms with Gasteiger partial charge in [0, 0.05) is 5.92 Å². The topological polar surface area (TPSA) is 43.4 Å². The number of carbonyl (C=O) groups is 2. The van der Waals surface area contributed by atoms with E-state index in [9.17, 15) is 9.59 Å². The summed E-state index contributed by atoms with van der Waals surface area (Å²) >= 11 is 0. The fourth-order valence-corrected chi connectivity index (χ4v) is 3.08. The highest BCUT2D eigenvalue weighted by molar-refractivity contribution is 5.95. The first-order chi connectivity index (χ1) is 9.23. The van der Waals surface area contributed by atoms with E-state index in [1.54, 1.807) is 6.08 Å². The molecular weight excluding hydrogens is 252 g/mol. The van der Waals surface area contributed by atoms with Crippen molar-refractivity contribution in [2.45, 2.75) is 46.5 Å². The zero-order valence-corrected chi connectivity index (χ0v) is 12.7. The minimum atomic E-state index is -0.442. The molecule has 0 radical (unpaired) electrons. The smallest absolute Gasteiger partial charge is 0.311 e. The molecular formula is C17H24O3. The van der Waals surface area contributed by atoms with Gasteiger partial charge in [-0.1, -0.05) is 18.2 Å². The van der Waals surface area contributed by atoms with Gasteiger partial charge in [0.1, 0.15) is 0 Å². The predicted molar refractivity (Wildman–Crippen MR) is 78.1 cm³/mol. The molecule has 0 heterocycles. The molecule has 1 saturated carbocycles. The minimum Gasteiger partial charge on any atom is -0.465 e. The van der Waals surface area contributed by atoms with Crippen LogP contribution in [0.1, 0.15) is 46.5 Å². The number of allylic oxidation sites excluding steroid dienone is 3. The zero-order chi connectivity index (χ0) is 15.0. The van der Waals surface area contributed by atoms with Crippen LogP contribution in [0, 0.1) is 16.7 Å². The van der Waals surface area contributed by atoms with Gasteiger partial charge in [-0.15, -0.1) is 0 Å². The quantitative estimate of drug-likeness (QED) is 0.449. The number of hydrogen-bond acceptors (Lipinski definition) is 3. The molecule has 20 heavy (non-hydrogen) atoms. The van der Waals surface area contributed by atoms with Gasteiger partial charge in [0.25, 0.3) is 0 Å². The second kappa shape index (κ2) is 5.19. The Balaban J connectivity index is 1.83. The molecule has 0 aromatic carbocycles. The largest absolute Gasteiger partial charge is 0.465 e. The third-order valence-electron chi connectivity index (χ3n) is 4.29. The molecule has 0 unspecified atom stereocenters. The van der Waals surface area contributed by atoms with Crippen LogP contribution >= 0.6 is 0 Å². The van der Waals surface area contributed by atoms with Crippen molar-refractivity contribution in [1.82, 2.24) is 0 Å². The molecule has 2 bridgehead atoms. The molecule has 0 aromatic heterocycles. The van der Waals surface area contributed by atoms with Gasteiger partial charge in [-0.25, -0.2) is 0 Å². The third kappa shape index (κ3) is 3.02. The van der Waals surface area contributed by atoms with E-state index in [1.807, 2.05) is 20.8 Å². The summed E-state index contributed by atoms with van der Waals surface area (Å²) in [6.45, 7) is 10.1. The maximum absolute atomic E-state index is 11.7. The SMILES string of the molecule is C=C1C[C@@]2(CCCOC(=O)C(C)(C)C)C=CC(=O)[C@@H]1C2. The van der Waals surface area contributed by atoms with Gasteiger partial charge in [-0.2, -0.15) is 0 Å². The van der Waals surface area contributed by atoms with Crippen molar-refractivity contribution in [2.24, 2.45) is 16.7 Å². The Morgan fingerprint density at radius 3 is 2.85 bits per heavy atom. The standard InChI is InChI=1S/C17H24O3/c1-12-10-17(8-6-14(18)13(12)11-17)7-5-9-20-15(19)16(2,3)4/h6,8,13H,1,5,7,9-11H2,2-4H3/t13-,17-/m1/s1. The van der Waals surface area contributed by atoms with Gasteiger partial charge in [-0.05, 0) is 57.9 Å². The number of ketones is 1. The summed E-state index contributed by atoms with van der Waals surface area (Å²) < 4.78 is 5.30. The fourth-order valence-electron chi connectivity index (χ4n) is 3.08. The molecule has 0 aliphatic heterocycles. The van der Waals surface area contributed by atoms with Crippen molar-refractivity contribution >= 4 is 11.8 Å². The number of rotatable bonds is 4. The molecule has 2 aliphatic carbocycles. The number of esters is 1. The highest BCUT2D eigenvalue weighted by Crippen LogP contribution is 2.51. The minimum absolute atomic E-state index is 0.0251. The first kappa shape index (κ1) is 15.0. The first-order valence-corrected chi connectivity index (χ1v) is 7.32. The Kier molecular flexibility index (Phi) is 3.90. The summed E-state index contributed by atoms with van der Waals surface area (Å²) in [5.41, 5.74) is 0.693. The molecule has 3 nitrogen and oxygen atoms in total. The molecule has 0 spiro atoms. The van der Waals surface area contributed by atoms with Crippen molar-refractivity contribution in [3.8, 4) is 0 Å². The second-order valence-corrected chi connectivity index (χ2v) is 7.18. The highest BCUT2D eigenvalue weighted by Gasteiger charge is 2.44. The summed E-state index contributed by atoms with van der Waals surface area (Å²) in [7, 11) is 0. The van der Waals surface area contributed by atoms with E-state index in [0.717, 1.165) is 31.3 Å². The Bertz CT molecular complexity index is 467. The normalized spacial score (nSPS) is 28.9. The molecule has 0 amide bonds. The van der Waals surface area contributed by atoms with E-state index < -0.39 is 5.41 Å². The van der Waals surface area contributed by atoms with Gasteiger partial charge in [0.15, 0.2) is 5.78 Å². The Morgan fingerprint density at radius 1 is 1.50 bits per heavy atom. The maximum atomic E-state index is 11.7. The molecule has 0 N–H and O–H groups in total. The van der Waals surface area contributed by atoms with Crippen molar-refractivity contribution in [3.05, 3.63) is 24.3 Å². The van der Waals surface area contributed by atoms with Gasteiger partial charge < -0.3 is 4.74 Å². The summed E-state index contributed by atoms with van der Waals surface area (Å²) in [6, 6.07) is 0. The molecule has 110 valence electrons. The maximum Gasteiger partial charge on any atom is 0.311 e. The van der Waals surface area contributed by atoms with Crippen LogP contribution in [-0.4, -0.2) is 18.4 Å². The molecule has 2 atom stereocenters. The number of hydrogen-bond donors (Lipinski definition) is 0. The van der Waals surface area contributed by atoms with Crippen LogP contribution < -0.4 is 0 Å². The Labute approximate surface area is 121 Å². The van der Waals surface area contributed by atoms with Crippen LogP contribution in [0.3, 0.4) is 0 Å². The third-order valence-corrected chi connectivity index (χ3v) is 4.29. The average Bonchev–Trinajstić information content (AvgIpc) is 2.63. The highest BCUT2D eigenvalue weighted by atomic mass is 16.5. The van der Waals surface area contributed by atoms with Crippen LogP contribution in [0.5, 0.6) is 0 Å². The number of carbonyl (C=O) groups excluding carboxylic acids is 2. The summed E-state index contributed by atoms with van der Waals surface area (Å²) in [4.78, 5) is 23.4. The van der Waals surface area contributed by atoms with E-state index in [1.165, 1.54) is 0 Å². The van der Waals surface area contributed by atoms with E-state index in [4.69, 9.17) is 4.74 Å². The predicted octanol–water partition coefficient (Wildman–Crippen LogP) is 3.45. The van der Waals surface area contributed by atoms with Gasteiger partial charge in [-0.3, -0.25) is 9.59 Å². The van der Waals surface area contributed by atoms with Crippen LogP contribution in [0.15, 0.2) is 24.3 Å². The molecule has 0 saturated heterocycles.